The fourth-order valence-corrected chi connectivity index (χ4v) is 3.44. The third-order valence-electron chi connectivity index (χ3n) is 4.83. The summed E-state index contributed by atoms with van der Waals surface area (Å²) in [6.45, 7) is 2.14. The molecule has 5 nitrogen and oxygen atoms in total. The molecule has 0 aromatic rings. The first-order valence-electron chi connectivity index (χ1n) is 7.16. The number of rotatable bonds is 2. The van der Waals surface area contributed by atoms with E-state index in [1.165, 1.54) is 0 Å². The van der Waals surface area contributed by atoms with Crippen LogP contribution in [0.15, 0.2) is 0 Å². The summed E-state index contributed by atoms with van der Waals surface area (Å²) in [5.74, 6) is 0.216. The monoisotopic (exact) mass is 261 g/mol. The van der Waals surface area contributed by atoms with Crippen LogP contribution < -0.4 is 0 Å². The average molecular weight is 261 g/mol. The number of hydrogen-bond acceptors (Lipinski definition) is 3. The molecular weight excluding hydrogens is 242 g/mol. The Morgan fingerprint density at radius 1 is 1.32 bits per heavy atom. The number of carbonyl (C=O) groups excluding carboxylic acids is 2. The van der Waals surface area contributed by atoms with E-state index in [4.69, 9.17) is 0 Å². The fraction of sp³-hybridized carbons (Fsp3) is 0.786. The van der Waals surface area contributed by atoms with Crippen LogP contribution in [0, 0.1) is 16.7 Å². The highest BCUT2D eigenvalue weighted by Crippen LogP contribution is 2.42. The van der Waals surface area contributed by atoms with Crippen molar-refractivity contribution in [1.29, 1.82) is 5.26 Å². The summed E-state index contributed by atoms with van der Waals surface area (Å²) in [5.41, 5.74) is -0.746. The molecular formula is C14H19N3O2. The molecule has 0 spiro atoms. The Bertz CT molecular complexity index is 450. The first-order valence-corrected chi connectivity index (χ1v) is 7.16. The maximum absolute atomic E-state index is 12.4. The molecule has 0 N–H and O–H groups in total. The molecule has 3 rings (SSSR count). The van der Waals surface area contributed by atoms with Gasteiger partial charge in [-0.05, 0) is 32.1 Å². The molecule has 0 aromatic heterocycles. The molecule has 2 heterocycles. The van der Waals surface area contributed by atoms with Crippen molar-refractivity contribution in [1.82, 2.24) is 9.80 Å². The van der Waals surface area contributed by atoms with Crippen LogP contribution in [0.5, 0.6) is 0 Å². The molecule has 3 aliphatic rings. The second kappa shape index (κ2) is 4.52. The summed E-state index contributed by atoms with van der Waals surface area (Å²) in [7, 11) is 0. The van der Waals surface area contributed by atoms with E-state index in [0.717, 1.165) is 25.8 Å². The fourth-order valence-electron chi connectivity index (χ4n) is 3.44. The van der Waals surface area contributed by atoms with Gasteiger partial charge in [-0.25, -0.2) is 0 Å². The van der Waals surface area contributed by atoms with Crippen molar-refractivity contribution in [3.8, 4) is 6.07 Å². The Labute approximate surface area is 113 Å². The predicted molar refractivity (Wildman–Crippen MR) is 67.8 cm³/mol. The summed E-state index contributed by atoms with van der Waals surface area (Å²) >= 11 is 0. The minimum Gasteiger partial charge on any atom is -0.339 e. The average Bonchev–Trinajstić information content (AvgIpc) is 2.96. The maximum Gasteiger partial charge on any atom is 0.243 e. The third-order valence-corrected chi connectivity index (χ3v) is 4.83. The van der Waals surface area contributed by atoms with Crippen LogP contribution in [0.3, 0.4) is 0 Å². The van der Waals surface area contributed by atoms with Crippen molar-refractivity contribution in [2.45, 2.75) is 44.6 Å². The van der Waals surface area contributed by atoms with Gasteiger partial charge in [-0.15, -0.1) is 0 Å². The molecule has 0 aromatic carbocycles. The highest BCUT2D eigenvalue weighted by Gasteiger charge is 2.48. The summed E-state index contributed by atoms with van der Waals surface area (Å²) < 4.78 is 0. The predicted octanol–water partition coefficient (Wildman–Crippen LogP) is 0.904. The minimum absolute atomic E-state index is 0.00426. The van der Waals surface area contributed by atoms with Crippen molar-refractivity contribution in [2.75, 3.05) is 19.6 Å². The van der Waals surface area contributed by atoms with Crippen LogP contribution in [0.1, 0.15) is 38.5 Å². The lowest BCUT2D eigenvalue weighted by Crippen LogP contribution is -2.47. The molecule has 0 radical (unpaired) electrons. The summed E-state index contributed by atoms with van der Waals surface area (Å²) in [5, 5.41) is 9.22. The largest absolute Gasteiger partial charge is 0.339 e. The molecule has 0 unspecified atom stereocenters. The van der Waals surface area contributed by atoms with Gasteiger partial charge >= 0.3 is 0 Å². The Morgan fingerprint density at radius 2 is 2.11 bits per heavy atom. The van der Waals surface area contributed by atoms with Gasteiger partial charge in [-0.3, -0.25) is 9.59 Å². The van der Waals surface area contributed by atoms with Gasteiger partial charge in [-0.1, -0.05) is 0 Å². The van der Waals surface area contributed by atoms with E-state index in [1.807, 2.05) is 4.90 Å². The van der Waals surface area contributed by atoms with E-state index in [9.17, 15) is 14.9 Å². The van der Waals surface area contributed by atoms with Gasteiger partial charge in [0.2, 0.25) is 11.8 Å². The number of carbonyl (C=O) groups is 2. The van der Waals surface area contributed by atoms with E-state index < -0.39 is 5.41 Å². The first kappa shape index (κ1) is 12.5. The Kier molecular flexibility index (Phi) is 2.96. The van der Waals surface area contributed by atoms with Crippen molar-refractivity contribution >= 4 is 11.8 Å². The molecule has 19 heavy (non-hydrogen) atoms. The lowest BCUT2D eigenvalue weighted by molar-refractivity contribution is -0.142. The molecule has 1 saturated carbocycles. The van der Waals surface area contributed by atoms with Gasteiger partial charge < -0.3 is 9.80 Å². The summed E-state index contributed by atoms with van der Waals surface area (Å²) in [4.78, 5) is 27.9. The van der Waals surface area contributed by atoms with Gasteiger partial charge in [0.15, 0.2) is 0 Å². The zero-order chi connectivity index (χ0) is 13.5. The number of nitriles is 1. The van der Waals surface area contributed by atoms with Crippen molar-refractivity contribution in [3.05, 3.63) is 0 Å². The first-order chi connectivity index (χ1) is 9.16. The zero-order valence-electron chi connectivity index (χ0n) is 11.1. The molecule has 2 amide bonds. The Balaban J connectivity index is 1.64. The smallest absolute Gasteiger partial charge is 0.243 e. The highest BCUT2D eigenvalue weighted by molar-refractivity contribution is 5.87. The van der Waals surface area contributed by atoms with E-state index in [1.54, 1.807) is 4.90 Å². The Hall–Kier alpha value is -1.57. The van der Waals surface area contributed by atoms with Gasteiger partial charge in [-0.2, -0.15) is 5.26 Å². The third kappa shape index (κ3) is 1.90. The van der Waals surface area contributed by atoms with E-state index >= 15 is 0 Å². The van der Waals surface area contributed by atoms with Crippen LogP contribution in [-0.2, 0) is 9.59 Å². The van der Waals surface area contributed by atoms with E-state index in [0.29, 0.717) is 32.4 Å². The molecule has 2 aliphatic heterocycles. The lowest BCUT2D eigenvalue weighted by Gasteiger charge is -2.37. The van der Waals surface area contributed by atoms with Crippen molar-refractivity contribution < 1.29 is 9.59 Å². The van der Waals surface area contributed by atoms with Gasteiger partial charge in [0.1, 0.15) is 5.41 Å². The van der Waals surface area contributed by atoms with Gasteiger partial charge in [0.05, 0.1) is 12.1 Å². The van der Waals surface area contributed by atoms with E-state index in [-0.39, 0.29) is 17.9 Å². The molecule has 1 aliphatic carbocycles. The second-order valence-electron chi connectivity index (χ2n) is 5.93. The molecule has 0 bridgehead atoms. The van der Waals surface area contributed by atoms with Crippen LogP contribution in [0.25, 0.3) is 0 Å². The molecule has 5 heteroatoms. The standard InChI is InChI=1S/C14H19N3O2/c15-10-14(5-2-6-14)13(19)16-8-4-11(9-16)17-7-1-3-12(17)18/h11H,1-9H2/t11-/m1/s1. The summed E-state index contributed by atoms with van der Waals surface area (Å²) in [6, 6.07) is 2.39. The minimum atomic E-state index is -0.746. The molecule has 3 fully saturated rings. The van der Waals surface area contributed by atoms with Gasteiger partial charge in [0.25, 0.3) is 0 Å². The zero-order valence-corrected chi connectivity index (χ0v) is 11.1. The highest BCUT2D eigenvalue weighted by atomic mass is 16.2. The number of hydrogen-bond donors (Lipinski definition) is 0. The summed E-state index contributed by atoms with van der Waals surface area (Å²) in [6.07, 6.45) is 4.82. The number of nitrogens with zero attached hydrogens (tertiary/aromatic N) is 3. The topological polar surface area (TPSA) is 64.4 Å². The van der Waals surface area contributed by atoms with Crippen LogP contribution in [-0.4, -0.2) is 47.3 Å². The Morgan fingerprint density at radius 3 is 2.63 bits per heavy atom. The van der Waals surface area contributed by atoms with Crippen LogP contribution >= 0.6 is 0 Å². The maximum atomic E-state index is 12.4. The van der Waals surface area contributed by atoms with Crippen molar-refractivity contribution in [3.63, 3.8) is 0 Å². The van der Waals surface area contributed by atoms with Crippen LogP contribution in [0.4, 0.5) is 0 Å². The normalized spacial score (nSPS) is 29.2. The second-order valence-corrected chi connectivity index (χ2v) is 5.93. The quantitative estimate of drug-likeness (QED) is 0.742. The molecule has 102 valence electrons. The van der Waals surface area contributed by atoms with E-state index in [2.05, 4.69) is 6.07 Å². The lowest BCUT2D eigenvalue weighted by atomic mass is 9.69. The van der Waals surface area contributed by atoms with Crippen LogP contribution in [0.2, 0.25) is 0 Å². The molecule has 2 saturated heterocycles. The number of amides is 2. The van der Waals surface area contributed by atoms with Crippen molar-refractivity contribution in [2.24, 2.45) is 5.41 Å². The molecule has 1 atom stereocenters. The SMILES string of the molecule is N#CC1(C(=O)N2CC[C@@H](N3CCCC3=O)C2)CCC1. The number of likely N-dealkylation sites (tertiary alicyclic amines) is 2. The van der Waals surface area contributed by atoms with Gasteiger partial charge in [0, 0.05) is 26.1 Å².